The van der Waals surface area contributed by atoms with E-state index in [0.717, 1.165) is 37.5 Å². The lowest BCUT2D eigenvalue weighted by Gasteiger charge is -2.26. The average Bonchev–Trinajstić information content (AvgIpc) is 2.30. The molecule has 0 N–H and O–H groups in total. The normalized spacial score (nSPS) is 17.2. The van der Waals surface area contributed by atoms with Crippen molar-refractivity contribution in [1.82, 2.24) is 9.55 Å². The predicted molar refractivity (Wildman–Crippen MR) is 66.5 cm³/mol. The standard InChI is InChI=1S/C12H18N2O2S/c1-2-17-12-13-10(15)8-11(16)14(12)9-6-4-3-5-7-9/h8-9,15H,2-7H2,1H3/p-1. The molecule has 1 aliphatic rings. The molecule has 0 aliphatic heterocycles. The van der Waals surface area contributed by atoms with Gasteiger partial charge in [0.2, 0.25) is 0 Å². The van der Waals surface area contributed by atoms with Crippen LogP contribution in [-0.4, -0.2) is 15.3 Å². The van der Waals surface area contributed by atoms with Crippen LogP contribution in [0.1, 0.15) is 45.1 Å². The van der Waals surface area contributed by atoms with Gasteiger partial charge in [-0.3, -0.25) is 9.36 Å². The summed E-state index contributed by atoms with van der Waals surface area (Å²) < 4.78 is 1.73. The molecule has 94 valence electrons. The summed E-state index contributed by atoms with van der Waals surface area (Å²) in [6.07, 6.45) is 5.61. The number of rotatable bonds is 3. The average molecular weight is 253 g/mol. The zero-order chi connectivity index (χ0) is 12.3. The fraction of sp³-hybridized carbons (Fsp3) is 0.667. The van der Waals surface area contributed by atoms with E-state index in [1.54, 1.807) is 4.57 Å². The molecular formula is C12H17N2O2S-. The molecule has 1 aromatic rings. The quantitative estimate of drug-likeness (QED) is 0.610. The maximum Gasteiger partial charge on any atom is 0.253 e. The van der Waals surface area contributed by atoms with Gasteiger partial charge in [-0.25, -0.2) is 4.98 Å². The maximum atomic E-state index is 11.9. The van der Waals surface area contributed by atoms with Crippen molar-refractivity contribution in [3.05, 3.63) is 16.4 Å². The number of thioether (sulfide) groups is 1. The van der Waals surface area contributed by atoms with Crippen molar-refractivity contribution < 1.29 is 5.11 Å². The third-order valence-electron chi connectivity index (χ3n) is 3.11. The van der Waals surface area contributed by atoms with Gasteiger partial charge in [0.05, 0.1) is 0 Å². The molecule has 0 bridgehead atoms. The Labute approximate surface area is 105 Å². The van der Waals surface area contributed by atoms with E-state index in [-0.39, 0.29) is 11.6 Å². The van der Waals surface area contributed by atoms with Crippen molar-refractivity contribution in [3.8, 4) is 5.88 Å². The second-order valence-corrected chi connectivity index (χ2v) is 5.54. The first-order valence-electron chi connectivity index (χ1n) is 6.15. The molecule has 1 heterocycles. The minimum atomic E-state index is -0.419. The summed E-state index contributed by atoms with van der Waals surface area (Å²) in [6.45, 7) is 2.00. The van der Waals surface area contributed by atoms with Gasteiger partial charge in [-0.2, -0.15) is 0 Å². The third kappa shape index (κ3) is 2.83. The summed E-state index contributed by atoms with van der Waals surface area (Å²) in [7, 11) is 0. The lowest BCUT2D eigenvalue weighted by molar-refractivity contribution is -0.276. The van der Waals surface area contributed by atoms with E-state index in [2.05, 4.69) is 4.98 Å². The summed E-state index contributed by atoms with van der Waals surface area (Å²) in [5.74, 6) is 0.404. The lowest BCUT2D eigenvalue weighted by atomic mass is 9.95. The highest BCUT2D eigenvalue weighted by atomic mass is 32.2. The fourth-order valence-corrected chi connectivity index (χ4v) is 3.15. The monoisotopic (exact) mass is 253 g/mol. The van der Waals surface area contributed by atoms with Crippen LogP contribution in [0, 0.1) is 0 Å². The Morgan fingerprint density at radius 1 is 1.47 bits per heavy atom. The van der Waals surface area contributed by atoms with Crippen LogP contribution in [0.25, 0.3) is 0 Å². The van der Waals surface area contributed by atoms with Gasteiger partial charge < -0.3 is 5.11 Å². The van der Waals surface area contributed by atoms with Crippen LogP contribution in [0.15, 0.2) is 16.0 Å². The first kappa shape index (κ1) is 12.5. The SMILES string of the molecule is CCSc1nc([O-])cc(=O)n1C1CCCCC1. The van der Waals surface area contributed by atoms with E-state index < -0.39 is 5.88 Å². The topological polar surface area (TPSA) is 58.0 Å². The van der Waals surface area contributed by atoms with Gasteiger partial charge in [-0.15, -0.1) is 0 Å². The van der Waals surface area contributed by atoms with Crippen molar-refractivity contribution in [1.29, 1.82) is 0 Å². The molecule has 17 heavy (non-hydrogen) atoms. The summed E-state index contributed by atoms with van der Waals surface area (Å²) in [5, 5.41) is 11.9. The minimum Gasteiger partial charge on any atom is -0.858 e. The largest absolute Gasteiger partial charge is 0.858 e. The summed E-state index contributed by atoms with van der Waals surface area (Å²) in [6, 6.07) is 1.34. The second-order valence-electron chi connectivity index (χ2n) is 4.31. The molecule has 0 radical (unpaired) electrons. The van der Waals surface area contributed by atoms with Crippen LogP contribution < -0.4 is 10.7 Å². The molecule has 1 aliphatic carbocycles. The molecule has 1 fully saturated rings. The summed E-state index contributed by atoms with van der Waals surface area (Å²) in [4.78, 5) is 15.9. The third-order valence-corrected chi connectivity index (χ3v) is 3.94. The van der Waals surface area contributed by atoms with Gasteiger partial charge in [-0.05, 0) is 24.5 Å². The Kier molecular flexibility index (Phi) is 4.10. The number of hydrogen-bond acceptors (Lipinski definition) is 4. The molecule has 1 saturated carbocycles. The lowest BCUT2D eigenvalue weighted by Crippen LogP contribution is -2.28. The first-order chi connectivity index (χ1) is 8.22. The van der Waals surface area contributed by atoms with Crippen molar-refractivity contribution >= 4 is 11.8 Å². The van der Waals surface area contributed by atoms with E-state index in [1.807, 2.05) is 6.92 Å². The molecular weight excluding hydrogens is 236 g/mol. The highest BCUT2D eigenvalue weighted by Crippen LogP contribution is 2.30. The Bertz CT molecular complexity index is 439. The number of nitrogens with zero attached hydrogens (tertiary/aromatic N) is 2. The predicted octanol–water partition coefficient (Wildman–Crippen LogP) is 1.93. The number of aromatic nitrogens is 2. The van der Waals surface area contributed by atoms with E-state index in [1.165, 1.54) is 18.2 Å². The molecule has 5 heteroatoms. The Morgan fingerprint density at radius 3 is 2.82 bits per heavy atom. The zero-order valence-electron chi connectivity index (χ0n) is 10.0. The van der Waals surface area contributed by atoms with Crippen LogP contribution in [0.2, 0.25) is 0 Å². The van der Waals surface area contributed by atoms with E-state index in [4.69, 9.17) is 0 Å². The van der Waals surface area contributed by atoms with Gasteiger partial charge in [0.25, 0.3) is 5.56 Å². The zero-order valence-corrected chi connectivity index (χ0v) is 10.8. The molecule has 0 unspecified atom stereocenters. The van der Waals surface area contributed by atoms with Crippen LogP contribution in [0.5, 0.6) is 5.88 Å². The smallest absolute Gasteiger partial charge is 0.253 e. The highest BCUT2D eigenvalue weighted by Gasteiger charge is 2.19. The molecule has 0 aromatic carbocycles. The molecule has 1 aromatic heterocycles. The van der Waals surface area contributed by atoms with Gasteiger partial charge in [0.15, 0.2) is 5.16 Å². The van der Waals surface area contributed by atoms with Crippen molar-refractivity contribution in [3.63, 3.8) is 0 Å². The highest BCUT2D eigenvalue weighted by molar-refractivity contribution is 7.99. The fourth-order valence-electron chi connectivity index (χ4n) is 2.36. The van der Waals surface area contributed by atoms with Crippen LogP contribution in [0.4, 0.5) is 0 Å². The maximum absolute atomic E-state index is 11.9. The van der Waals surface area contributed by atoms with E-state index >= 15 is 0 Å². The summed E-state index contributed by atoms with van der Waals surface area (Å²) in [5.41, 5.74) is -0.187. The van der Waals surface area contributed by atoms with Gasteiger partial charge in [0.1, 0.15) is 0 Å². The van der Waals surface area contributed by atoms with Crippen LogP contribution >= 0.6 is 11.8 Å². The van der Waals surface area contributed by atoms with Crippen molar-refractivity contribution in [2.24, 2.45) is 0 Å². The molecule has 0 saturated heterocycles. The second kappa shape index (κ2) is 5.58. The molecule has 2 rings (SSSR count). The van der Waals surface area contributed by atoms with Crippen LogP contribution in [-0.2, 0) is 0 Å². The molecule has 0 amide bonds. The Morgan fingerprint density at radius 2 is 2.18 bits per heavy atom. The van der Waals surface area contributed by atoms with E-state index in [0.29, 0.717) is 5.16 Å². The van der Waals surface area contributed by atoms with Gasteiger partial charge in [0, 0.05) is 12.1 Å². The summed E-state index contributed by atoms with van der Waals surface area (Å²) >= 11 is 1.48. The molecule has 0 spiro atoms. The van der Waals surface area contributed by atoms with Crippen LogP contribution in [0.3, 0.4) is 0 Å². The molecule has 4 nitrogen and oxygen atoms in total. The van der Waals surface area contributed by atoms with Crippen molar-refractivity contribution in [2.45, 2.75) is 50.2 Å². The minimum absolute atomic E-state index is 0.187. The number of hydrogen-bond donors (Lipinski definition) is 0. The Balaban J connectivity index is 2.38. The van der Waals surface area contributed by atoms with Crippen molar-refractivity contribution in [2.75, 3.05) is 5.75 Å². The van der Waals surface area contributed by atoms with Gasteiger partial charge >= 0.3 is 0 Å². The first-order valence-corrected chi connectivity index (χ1v) is 7.14. The molecule has 0 atom stereocenters. The van der Waals surface area contributed by atoms with E-state index in [9.17, 15) is 9.90 Å². The Hall–Kier alpha value is -0.970. The van der Waals surface area contributed by atoms with Gasteiger partial charge in [-0.1, -0.05) is 37.9 Å².